The van der Waals surface area contributed by atoms with Gasteiger partial charge in [0.15, 0.2) is 0 Å². The number of aromatic nitrogens is 2. The maximum Gasteiger partial charge on any atom is 0.229 e. The largest absolute Gasteiger partial charge is 0.342 e. The molecule has 4 rings (SSSR count). The first-order valence-corrected chi connectivity index (χ1v) is 10.0. The van der Waals surface area contributed by atoms with E-state index in [1.165, 1.54) is 11.3 Å². The first-order valence-electron chi connectivity index (χ1n) is 9.22. The minimum absolute atomic E-state index is 0.00655. The summed E-state index contributed by atoms with van der Waals surface area (Å²) in [6, 6.07) is 0. The molecule has 3 aliphatic heterocycles. The summed E-state index contributed by atoms with van der Waals surface area (Å²) in [5, 5.41) is 13.2. The van der Waals surface area contributed by atoms with Crippen molar-refractivity contribution in [2.75, 3.05) is 37.6 Å². The molecule has 1 N–H and O–H groups in total. The SMILES string of the molecule is CCc1nnc(N2CC(C(=O)N3CCC4(CCNCC4)C3)CC2=O)s1. The van der Waals surface area contributed by atoms with Gasteiger partial charge in [-0.3, -0.25) is 14.5 Å². The van der Waals surface area contributed by atoms with Crippen LogP contribution in [0, 0.1) is 11.3 Å². The van der Waals surface area contributed by atoms with Gasteiger partial charge in [-0.1, -0.05) is 18.3 Å². The summed E-state index contributed by atoms with van der Waals surface area (Å²) in [7, 11) is 0. The smallest absolute Gasteiger partial charge is 0.229 e. The van der Waals surface area contributed by atoms with Crippen LogP contribution in [0.15, 0.2) is 0 Å². The van der Waals surface area contributed by atoms with Crippen LogP contribution in [0.5, 0.6) is 0 Å². The maximum atomic E-state index is 13.0. The Morgan fingerprint density at radius 3 is 2.84 bits per heavy atom. The van der Waals surface area contributed by atoms with Gasteiger partial charge in [0.2, 0.25) is 16.9 Å². The monoisotopic (exact) mass is 363 g/mol. The molecule has 1 unspecified atom stereocenters. The minimum Gasteiger partial charge on any atom is -0.342 e. The lowest BCUT2D eigenvalue weighted by Crippen LogP contribution is -2.41. The number of aryl methyl sites for hydroxylation is 1. The lowest BCUT2D eigenvalue weighted by molar-refractivity contribution is -0.135. The number of likely N-dealkylation sites (tertiary alicyclic amines) is 1. The summed E-state index contributed by atoms with van der Waals surface area (Å²) >= 11 is 1.45. The average molecular weight is 363 g/mol. The molecule has 136 valence electrons. The third-order valence-corrected chi connectivity index (χ3v) is 6.97. The first-order chi connectivity index (χ1) is 12.1. The highest BCUT2D eigenvalue weighted by Gasteiger charge is 2.44. The van der Waals surface area contributed by atoms with Crippen LogP contribution in [-0.4, -0.2) is 59.6 Å². The van der Waals surface area contributed by atoms with Crippen molar-refractivity contribution in [3.05, 3.63) is 5.01 Å². The zero-order valence-corrected chi connectivity index (χ0v) is 15.5. The van der Waals surface area contributed by atoms with Crippen LogP contribution in [0.4, 0.5) is 5.13 Å². The van der Waals surface area contributed by atoms with Gasteiger partial charge in [0.1, 0.15) is 5.01 Å². The molecule has 0 bridgehead atoms. The molecule has 7 nitrogen and oxygen atoms in total. The molecular weight excluding hydrogens is 338 g/mol. The predicted molar refractivity (Wildman–Crippen MR) is 95.5 cm³/mol. The number of amides is 2. The molecule has 3 fully saturated rings. The third-order valence-electron chi connectivity index (χ3n) is 5.88. The fourth-order valence-corrected chi connectivity index (χ4v) is 5.11. The Kier molecular flexibility index (Phi) is 4.49. The summed E-state index contributed by atoms with van der Waals surface area (Å²) in [5.41, 5.74) is 0.304. The molecule has 0 aromatic carbocycles. The summed E-state index contributed by atoms with van der Waals surface area (Å²) in [4.78, 5) is 29.0. The molecule has 1 atom stereocenters. The summed E-state index contributed by atoms with van der Waals surface area (Å²) in [6.45, 7) is 6.26. The third kappa shape index (κ3) is 3.17. The summed E-state index contributed by atoms with van der Waals surface area (Å²) in [5.74, 6) is -0.0993. The van der Waals surface area contributed by atoms with E-state index in [4.69, 9.17) is 0 Å². The molecule has 8 heteroatoms. The van der Waals surface area contributed by atoms with Crippen LogP contribution < -0.4 is 10.2 Å². The molecule has 3 aliphatic rings. The number of piperidine rings is 1. The number of nitrogens with zero attached hydrogens (tertiary/aromatic N) is 4. The second-order valence-electron chi connectivity index (χ2n) is 7.50. The van der Waals surface area contributed by atoms with Gasteiger partial charge in [0.05, 0.1) is 5.92 Å². The molecule has 25 heavy (non-hydrogen) atoms. The maximum absolute atomic E-state index is 13.0. The lowest BCUT2D eigenvalue weighted by atomic mass is 9.78. The number of hydrogen-bond donors (Lipinski definition) is 1. The summed E-state index contributed by atoms with van der Waals surface area (Å²) in [6.07, 6.45) is 4.51. The molecular formula is C17H25N5O2S. The number of rotatable bonds is 3. The van der Waals surface area contributed by atoms with Gasteiger partial charge < -0.3 is 10.2 Å². The highest BCUT2D eigenvalue weighted by atomic mass is 32.1. The Balaban J connectivity index is 1.41. The van der Waals surface area contributed by atoms with E-state index < -0.39 is 0 Å². The minimum atomic E-state index is -0.238. The Hall–Kier alpha value is -1.54. The molecule has 2 amide bonds. The molecule has 0 saturated carbocycles. The number of anilines is 1. The van der Waals surface area contributed by atoms with E-state index in [2.05, 4.69) is 15.5 Å². The van der Waals surface area contributed by atoms with Crippen molar-refractivity contribution >= 4 is 28.3 Å². The van der Waals surface area contributed by atoms with Crippen LogP contribution in [0.2, 0.25) is 0 Å². The lowest BCUT2D eigenvalue weighted by Gasteiger charge is -2.34. The molecule has 1 spiro atoms. The highest BCUT2D eigenvalue weighted by Crippen LogP contribution is 2.39. The van der Waals surface area contributed by atoms with E-state index in [1.54, 1.807) is 4.90 Å². The van der Waals surface area contributed by atoms with E-state index in [9.17, 15) is 9.59 Å². The van der Waals surface area contributed by atoms with Gasteiger partial charge in [0.25, 0.3) is 0 Å². The molecule has 1 aromatic heterocycles. The molecule has 0 radical (unpaired) electrons. The summed E-state index contributed by atoms with van der Waals surface area (Å²) < 4.78 is 0. The van der Waals surface area contributed by atoms with Crippen LogP contribution in [-0.2, 0) is 16.0 Å². The first kappa shape index (κ1) is 16.9. The predicted octanol–water partition coefficient (Wildman–Crippen LogP) is 1.06. The quantitative estimate of drug-likeness (QED) is 0.869. The number of carbonyl (C=O) groups excluding carboxylic acids is 2. The Labute approximate surface area is 151 Å². The standard InChI is InChI=1S/C17H25N5O2S/c1-2-13-19-20-16(25-13)22-10-12(9-14(22)23)15(24)21-8-5-17(11-21)3-6-18-7-4-17/h12,18H,2-11H2,1H3. The van der Waals surface area contributed by atoms with Crippen molar-refractivity contribution in [1.29, 1.82) is 0 Å². The van der Waals surface area contributed by atoms with Crippen molar-refractivity contribution < 1.29 is 9.59 Å². The van der Waals surface area contributed by atoms with Gasteiger partial charge in [-0.2, -0.15) is 0 Å². The van der Waals surface area contributed by atoms with E-state index in [0.29, 0.717) is 23.5 Å². The van der Waals surface area contributed by atoms with Gasteiger partial charge >= 0.3 is 0 Å². The zero-order chi connectivity index (χ0) is 17.4. The molecule has 0 aliphatic carbocycles. The van der Waals surface area contributed by atoms with Crippen molar-refractivity contribution in [3.8, 4) is 0 Å². The molecule has 4 heterocycles. The second kappa shape index (κ2) is 6.64. The van der Waals surface area contributed by atoms with Gasteiger partial charge in [-0.15, -0.1) is 10.2 Å². The van der Waals surface area contributed by atoms with Crippen molar-refractivity contribution in [2.24, 2.45) is 11.3 Å². The highest BCUT2D eigenvalue weighted by molar-refractivity contribution is 7.15. The van der Waals surface area contributed by atoms with E-state index in [1.807, 2.05) is 11.8 Å². The second-order valence-corrected chi connectivity index (χ2v) is 8.54. The average Bonchev–Trinajstić information content (AvgIpc) is 3.33. The Bertz CT molecular complexity index is 670. The van der Waals surface area contributed by atoms with Crippen molar-refractivity contribution in [3.63, 3.8) is 0 Å². The Morgan fingerprint density at radius 2 is 2.12 bits per heavy atom. The van der Waals surface area contributed by atoms with Crippen molar-refractivity contribution in [1.82, 2.24) is 20.4 Å². The van der Waals surface area contributed by atoms with Gasteiger partial charge in [-0.05, 0) is 44.2 Å². The number of hydrogen-bond acceptors (Lipinski definition) is 6. The van der Waals surface area contributed by atoms with Crippen LogP contribution in [0.25, 0.3) is 0 Å². The molecule has 3 saturated heterocycles. The van der Waals surface area contributed by atoms with E-state index >= 15 is 0 Å². The zero-order valence-electron chi connectivity index (χ0n) is 14.7. The molecule has 1 aromatic rings. The van der Waals surface area contributed by atoms with E-state index in [0.717, 1.165) is 56.9 Å². The fraction of sp³-hybridized carbons (Fsp3) is 0.765. The van der Waals surface area contributed by atoms with Gasteiger partial charge in [0, 0.05) is 26.1 Å². The normalized spacial score (nSPS) is 26.0. The van der Waals surface area contributed by atoms with E-state index in [-0.39, 0.29) is 17.7 Å². The van der Waals surface area contributed by atoms with Gasteiger partial charge in [-0.25, -0.2) is 0 Å². The van der Waals surface area contributed by atoms with Crippen molar-refractivity contribution in [2.45, 2.75) is 39.0 Å². The van der Waals surface area contributed by atoms with Crippen LogP contribution in [0.3, 0.4) is 0 Å². The van der Waals surface area contributed by atoms with Crippen LogP contribution in [0.1, 0.15) is 37.6 Å². The fourth-order valence-electron chi connectivity index (χ4n) is 4.30. The topological polar surface area (TPSA) is 78.4 Å². The van der Waals surface area contributed by atoms with Crippen LogP contribution >= 0.6 is 11.3 Å². The number of nitrogens with one attached hydrogen (secondary N) is 1. The Morgan fingerprint density at radius 1 is 1.32 bits per heavy atom. The number of carbonyl (C=O) groups is 2.